The number of aliphatic carboxylic acids is 2. The first-order valence-electron chi connectivity index (χ1n) is 27.7. The number of esters is 1. The van der Waals surface area contributed by atoms with Gasteiger partial charge in [-0.05, 0) is 72.0 Å². The van der Waals surface area contributed by atoms with Crippen LogP contribution in [0.5, 0.6) is 0 Å². The van der Waals surface area contributed by atoms with Crippen molar-refractivity contribution in [2.75, 3.05) is 32.1 Å². The summed E-state index contributed by atoms with van der Waals surface area (Å²) in [5.41, 5.74) is 16.4. The molecule has 21 N–H and O–H groups in total. The standard InChI is InChI=1S/C51H87ClN12O19/c1-4-6-7-8-9-10-11-12-13-16-28(66)23-36(68)56-34-26-83-51(82)39(35(67)25-52)63-49(79)40(41(71)50(80)81)64-42(72)29(5-2)57-48(78)38(27(3)65)62-45(75)32(19-22-55)59-43(73)30(17-14-15-20-53)58-46(76)33(24-37(69)70)61-44(74)31(18-21-54)60-47(34)77/h5,27-28,30-35,38-41,65-67,71H,4,6-26,53-55H2,1-3H3,(H,56,68)(H,57,78)(H,58,76)(H,59,73)(H,60,77)(H,61,74)(H,62,75)(H,63,79)(H,64,72)(H,69,70)(H,80,81)/b29-5+/t27-,28?,30-,31+,32-,33-,34-,35+,38-,39-,40-,41?/m0/s1. The number of alkyl halides is 1. The van der Waals surface area contributed by atoms with Gasteiger partial charge in [0.15, 0.2) is 12.1 Å². The maximum absolute atomic E-state index is 14.1. The molecule has 31 nitrogen and oxygen atoms in total. The Morgan fingerprint density at radius 1 is 0.627 bits per heavy atom. The van der Waals surface area contributed by atoms with E-state index >= 15 is 0 Å². The molecule has 32 heteroatoms. The second-order valence-electron chi connectivity index (χ2n) is 19.9. The van der Waals surface area contributed by atoms with Gasteiger partial charge in [0, 0.05) is 0 Å². The number of carboxylic acids is 2. The van der Waals surface area contributed by atoms with E-state index in [4.69, 9.17) is 33.5 Å². The van der Waals surface area contributed by atoms with E-state index in [0.717, 1.165) is 64.4 Å². The molecule has 12 atom stereocenters. The van der Waals surface area contributed by atoms with Crippen molar-refractivity contribution >= 4 is 82.7 Å². The van der Waals surface area contributed by atoms with Gasteiger partial charge in [-0.2, -0.15) is 0 Å². The number of aliphatic hydroxyl groups is 4. The maximum Gasteiger partial charge on any atom is 0.335 e. The summed E-state index contributed by atoms with van der Waals surface area (Å²) in [6.07, 6.45) is -0.358. The third kappa shape index (κ3) is 28.0. The Bertz CT molecular complexity index is 2190. The van der Waals surface area contributed by atoms with Crippen molar-refractivity contribution in [1.29, 1.82) is 0 Å². The first kappa shape index (κ1) is 74.4. The fourth-order valence-electron chi connectivity index (χ4n) is 8.23. The molecule has 0 bridgehead atoms. The lowest BCUT2D eigenvalue weighted by Crippen LogP contribution is -2.62. The largest absolute Gasteiger partial charge is 0.481 e. The fourth-order valence-corrected chi connectivity index (χ4v) is 8.41. The average molecular weight is 1210 g/mol. The number of cyclic esters (lactones) is 1. The molecule has 0 saturated carbocycles. The van der Waals surface area contributed by atoms with Crippen LogP contribution in [0, 0.1) is 0 Å². The third-order valence-corrected chi connectivity index (χ3v) is 13.3. The minimum absolute atomic E-state index is 0.123. The Kier molecular flexibility index (Phi) is 36.4. The van der Waals surface area contributed by atoms with Crippen LogP contribution in [0.1, 0.15) is 130 Å². The summed E-state index contributed by atoms with van der Waals surface area (Å²) >= 11 is 5.85. The molecule has 2 unspecified atom stereocenters. The molecule has 0 radical (unpaired) electrons. The van der Waals surface area contributed by atoms with Crippen molar-refractivity contribution < 1.29 is 92.9 Å². The van der Waals surface area contributed by atoms with E-state index in [9.17, 15) is 88.2 Å². The van der Waals surface area contributed by atoms with Gasteiger partial charge in [0.1, 0.15) is 54.6 Å². The molecule has 1 fully saturated rings. The number of amides is 9. The second kappa shape index (κ2) is 40.6. The normalized spacial score (nSPS) is 24.5. The van der Waals surface area contributed by atoms with Crippen LogP contribution in [0.2, 0.25) is 0 Å². The van der Waals surface area contributed by atoms with Crippen molar-refractivity contribution in [2.45, 2.75) is 203 Å². The number of hydrogen-bond donors (Lipinski definition) is 18. The summed E-state index contributed by atoms with van der Waals surface area (Å²) < 4.78 is 5.27. The van der Waals surface area contributed by atoms with Crippen molar-refractivity contribution in [3.05, 3.63) is 11.8 Å². The molecule has 1 aliphatic rings. The van der Waals surface area contributed by atoms with E-state index in [1.807, 2.05) is 10.6 Å². The van der Waals surface area contributed by atoms with Crippen LogP contribution in [-0.4, -0.2) is 207 Å². The number of nitrogens with two attached hydrogens (primary N) is 3. The van der Waals surface area contributed by atoms with E-state index in [1.165, 1.54) is 6.92 Å². The number of ether oxygens (including phenoxy) is 1. The minimum Gasteiger partial charge on any atom is -0.481 e. The van der Waals surface area contributed by atoms with Crippen LogP contribution in [0.15, 0.2) is 11.8 Å². The highest BCUT2D eigenvalue weighted by Crippen LogP contribution is 2.14. The van der Waals surface area contributed by atoms with Gasteiger partial charge >= 0.3 is 17.9 Å². The van der Waals surface area contributed by atoms with E-state index < -0.39 is 181 Å². The van der Waals surface area contributed by atoms with Crippen LogP contribution < -0.4 is 65.1 Å². The molecule has 0 spiro atoms. The van der Waals surface area contributed by atoms with Crippen molar-refractivity contribution in [1.82, 2.24) is 47.9 Å². The summed E-state index contributed by atoms with van der Waals surface area (Å²) in [6.45, 7) is 2.61. The number of carbonyl (C=O) groups excluding carboxylic acids is 10. The number of hydrogen-bond acceptors (Lipinski definition) is 20. The SMILES string of the molecule is C/C=C1/NC(=O)[C@H]([C@H](C)O)NC(=O)[C@H](CCN)NC(=O)[C@H](CCCCN)NC(=O)[C@H](CC(=O)O)NC(=O)[C@@H](CCN)NC(=O)[C@@H](NC(=O)CC(O)CCCCCCCCCCC)COC(=O)[C@H]([C@H](O)CCl)NC(=O)[C@H](C(O)C(=O)O)NC1=O. The number of allylic oxidation sites excluding steroid dienone is 1. The van der Waals surface area contributed by atoms with E-state index in [0.29, 0.717) is 12.8 Å². The van der Waals surface area contributed by atoms with Gasteiger partial charge in [0.25, 0.3) is 5.91 Å². The van der Waals surface area contributed by atoms with Gasteiger partial charge in [-0.15, -0.1) is 11.6 Å². The predicted octanol–water partition coefficient (Wildman–Crippen LogP) is -5.16. The Morgan fingerprint density at radius 3 is 1.64 bits per heavy atom. The monoisotopic (exact) mass is 1210 g/mol. The molecule has 1 rings (SSSR count). The zero-order chi connectivity index (χ0) is 62.8. The lowest BCUT2D eigenvalue weighted by molar-refractivity contribution is -0.155. The van der Waals surface area contributed by atoms with Gasteiger partial charge < -0.3 is 100 Å². The zero-order valence-corrected chi connectivity index (χ0v) is 47.9. The molecular formula is C51H87ClN12O19. The number of carbonyl (C=O) groups is 12. The molecule has 83 heavy (non-hydrogen) atoms. The number of halogens is 1. The second-order valence-corrected chi connectivity index (χ2v) is 20.2. The molecule has 1 heterocycles. The van der Waals surface area contributed by atoms with Crippen molar-refractivity contribution in [3.63, 3.8) is 0 Å². The molecule has 0 aromatic heterocycles. The molecule has 0 aliphatic carbocycles. The summed E-state index contributed by atoms with van der Waals surface area (Å²) in [5.74, 6) is -17.8. The van der Waals surface area contributed by atoms with Crippen molar-refractivity contribution in [3.8, 4) is 0 Å². The number of aliphatic hydroxyl groups excluding tert-OH is 4. The molecule has 0 aromatic rings. The van der Waals surface area contributed by atoms with Gasteiger partial charge in [-0.25, -0.2) is 9.59 Å². The van der Waals surface area contributed by atoms with Crippen molar-refractivity contribution in [2.24, 2.45) is 17.2 Å². The number of rotatable bonds is 28. The van der Waals surface area contributed by atoms with E-state index in [-0.39, 0.29) is 45.3 Å². The topological polar surface area (TPSA) is 522 Å². The number of unbranched alkanes of at least 4 members (excludes halogenated alkanes) is 9. The lowest BCUT2D eigenvalue weighted by Gasteiger charge is -2.28. The summed E-state index contributed by atoms with van der Waals surface area (Å²) in [4.78, 5) is 162. The number of nitrogens with one attached hydrogen (secondary N) is 9. The van der Waals surface area contributed by atoms with E-state index in [1.54, 1.807) is 0 Å². The molecule has 1 aliphatic heterocycles. The Labute approximate surface area is 485 Å². The Balaban J connectivity index is 4.01. The quantitative estimate of drug-likeness (QED) is 0.0151. The zero-order valence-electron chi connectivity index (χ0n) is 47.2. The molecule has 1 saturated heterocycles. The minimum atomic E-state index is -2.83. The van der Waals surface area contributed by atoms with Crippen LogP contribution in [0.4, 0.5) is 0 Å². The number of carboxylic acid groups (broad SMARTS) is 2. The predicted molar refractivity (Wildman–Crippen MR) is 295 cm³/mol. The first-order valence-corrected chi connectivity index (χ1v) is 28.2. The van der Waals surface area contributed by atoms with E-state index in [2.05, 4.69) is 44.1 Å². The lowest BCUT2D eigenvalue weighted by atomic mass is 10.0. The van der Waals surface area contributed by atoms with Gasteiger partial charge in [0.2, 0.25) is 47.3 Å². The van der Waals surface area contributed by atoms with Crippen LogP contribution in [0.3, 0.4) is 0 Å². The van der Waals surface area contributed by atoms with Gasteiger partial charge in [0.05, 0.1) is 37.0 Å². The maximum atomic E-state index is 14.1. The van der Waals surface area contributed by atoms with Gasteiger partial charge in [-0.3, -0.25) is 47.9 Å². The highest BCUT2D eigenvalue weighted by Gasteiger charge is 2.41. The summed E-state index contributed by atoms with van der Waals surface area (Å²) in [5, 5.41) is 82.1. The first-order chi connectivity index (χ1) is 39.3. The van der Waals surface area contributed by atoms with Crippen LogP contribution >= 0.6 is 11.6 Å². The highest BCUT2D eigenvalue weighted by molar-refractivity contribution is 6.18. The summed E-state index contributed by atoms with van der Waals surface area (Å²) in [7, 11) is 0. The molecular weight excluding hydrogens is 1120 g/mol. The van der Waals surface area contributed by atoms with Crippen LogP contribution in [0.25, 0.3) is 0 Å². The Hall–Kier alpha value is -6.61. The van der Waals surface area contributed by atoms with Crippen LogP contribution in [-0.2, 0) is 62.3 Å². The molecule has 0 aromatic carbocycles. The third-order valence-electron chi connectivity index (χ3n) is 13.0. The highest BCUT2D eigenvalue weighted by atomic mass is 35.5. The molecule has 472 valence electrons. The smallest absolute Gasteiger partial charge is 0.335 e. The molecule has 9 amide bonds. The average Bonchev–Trinajstić information content (AvgIpc) is 3.52. The van der Waals surface area contributed by atoms with Gasteiger partial charge in [-0.1, -0.05) is 70.8 Å². The summed E-state index contributed by atoms with van der Waals surface area (Å²) in [6, 6.07) is -15.8. The fraction of sp³-hybridized carbons (Fsp3) is 0.725. The Morgan fingerprint density at radius 2 is 1.13 bits per heavy atom.